The monoisotopic (exact) mass is 278 g/mol. The molecule has 1 aromatic rings. The van der Waals surface area contributed by atoms with Crippen LogP contribution in [0.25, 0.3) is 0 Å². The third kappa shape index (κ3) is 2.70. The number of nitrogens with zero attached hydrogens (tertiary/aromatic N) is 4. The molecular weight excluding hydrogens is 256 g/mol. The van der Waals surface area contributed by atoms with E-state index in [9.17, 15) is 9.90 Å². The Morgan fingerprint density at radius 3 is 2.65 bits per heavy atom. The average molecular weight is 278 g/mol. The molecule has 3 rings (SSSR count). The predicted octanol–water partition coefficient (Wildman–Crippen LogP) is 0.820. The number of amides is 1. The minimum atomic E-state index is 0.265. The molecule has 110 valence electrons. The summed E-state index contributed by atoms with van der Waals surface area (Å²) < 4.78 is 1.76. The second-order valence-corrected chi connectivity index (χ2v) is 5.97. The molecule has 3 heterocycles. The number of carbonyl (C=O) groups excluding carboxylic acids is 1. The number of aliphatic hydroxyl groups is 1. The lowest BCUT2D eigenvalue weighted by Crippen LogP contribution is -2.47. The maximum absolute atomic E-state index is 12.4. The van der Waals surface area contributed by atoms with Crippen molar-refractivity contribution in [1.82, 2.24) is 19.7 Å². The maximum atomic E-state index is 12.4. The van der Waals surface area contributed by atoms with Gasteiger partial charge in [0.2, 0.25) is 5.91 Å². The van der Waals surface area contributed by atoms with Crippen LogP contribution >= 0.6 is 0 Å². The molecule has 0 saturated carbocycles. The number of hydrogen-bond acceptors (Lipinski definition) is 4. The number of piperidine rings is 1. The smallest absolute Gasteiger partial charge is 0.223 e. The molecule has 1 amide bonds. The molecule has 20 heavy (non-hydrogen) atoms. The van der Waals surface area contributed by atoms with Crippen molar-refractivity contribution in [2.24, 2.45) is 5.92 Å². The predicted molar refractivity (Wildman–Crippen MR) is 72.7 cm³/mol. The summed E-state index contributed by atoms with van der Waals surface area (Å²) in [6.45, 7) is 1.01. The Balaban J connectivity index is 1.50. The summed E-state index contributed by atoms with van der Waals surface area (Å²) in [4.78, 5) is 18.4. The number of aliphatic hydroxyl groups excluding tert-OH is 1. The Morgan fingerprint density at radius 1 is 1.30 bits per heavy atom. The van der Waals surface area contributed by atoms with E-state index in [0.717, 1.165) is 38.6 Å². The van der Waals surface area contributed by atoms with Crippen LogP contribution in [-0.4, -0.2) is 49.4 Å². The number of carbonyl (C=O) groups is 1. The fourth-order valence-corrected chi connectivity index (χ4v) is 3.72. The van der Waals surface area contributed by atoms with E-state index < -0.39 is 0 Å². The molecule has 2 aliphatic heterocycles. The molecular formula is C14H22N4O2. The second-order valence-electron chi connectivity index (χ2n) is 5.97. The first-order chi connectivity index (χ1) is 9.78. The number of fused-ring (bicyclic) bond motifs is 2. The van der Waals surface area contributed by atoms with Gasteiger partial charge < -0.3 is 10.0 Å². The van der Waals surface area contributed by atoms with Gasteiger partial charge in [0, 0.05) is 31.7 Å². The first-order valence-electron chi connectivity index (χ1n) is 7.52. The fourth-order valence-electron chi connectivity index (χ4n) is 3.72. The molecule has 0 spiro atoms. The van der Waals surface area contributed by atoms with Crippen LogP contribution in [0, 0.1) is 5.92 Å². The highest BCUT2D eigenvalue weighted by Crippen LogP contribution is 2.38. The molecule has 0 aromatic carbocycles. The topological polar surface area (TPSA) is 71.2 Å². The van der Waals surface area contributed by atoms with Gasteiger partial charge in [0.15, 0.2) is 0 Å². The Labute approximate surface area is 118 Å². The van der Waals surface area contributed by atoms with Crippen LogP contribution < -0.4 is 0 Å². The van der Waals surface area contributed by atoms with E-state index in [1.54, 1.807) is 11.0 Å². The van der Waals surface area contributed by atoms with E-state index in [1.807, 2.05) is 0 Å². The Bertz CT molecular complexity index is 434. The Hall–Kier alpha value is -1.43. The molecule has 6 heteroatoms. The van der Waals surface area contributed by atoms with Crippen LogP contribution in [-0.2, 0) is 11.3 Å². The normalized spacial score (nSPS) is 28.9. The molecule has 0 radical (unpaired) electrons. The summed E-state index contributed by atoms with van der Waals surface area (Å²) >= 11 is 0. The molecule has 2 saturated heterocycles. The summed E-state index contributed by atoms with van der Waals surface area (Å²) in [7, 11) is 0. The largest absolute Gasteiger partial charge is 0.396 e. The van der Waals surface area contributed by atoms with Gasteiger partial charge in [-0.3, -0.25) is 9.48 Å². The van der Waals surface area contributed by atoms with E-state index >= 15 is 0 Å². The minimum absolute atomic E-state index is 0.265. The second kappa shape index (κ2) is 5.91. The van der Waals surface area contributed by atoms with E-state index in [2.05, 4.69) is 15.0 Å². The van der Waals surface area contributed by atoms with Crippen LogP contribution in [0.3, 0.4) is 0 Å². The minimum Gasteiger partial charge on any atom is -0.396 e. The lowest BCUT2D eigenvalue weighted by molar-refractivity contribution is -0.136. The Morgan fingerprint density at radius 2 is 2.05 bits per heavy atom. The molecule has 1 aromatic heterocycles. The van der Waals surface area contributed by atoms with Crippen molar-refractivity contribution < 1.29 is 9.90 Å². The van der Waals surface area contributed by atoms with E-state index in [0.29, 0.717) is 24.4 Å². The summed E-state index contributed by atoms with van der Waals surface area (Å²) in [5.41, 5.74) is 0. The van der Waals surface area contributed by atoms with Crippen molar-refractivity contribution in [3.8, 4) is 0 Å². The van der Waals surface area contributed by atoms with Gasteiger partial charge in [0.25, 0.3) is 0 Å². The van der Waals surface area contributed by atoms with Gasteiger partial charge in [-0.05, 0) is 38.0 Å². The van der Waals surface area contributed by atoms with Crippen molar-refractivity contribution in [2.75, 3.05) is 6.61 Å². The quantitative estimate of drug-likeness (QED) is 0.865. The zero-order chi connectivity index (χ0) is 13.9. The molecule has 2 fully saturated rings. The van der Waals surface area contributed by atoms with Crippen molar-refractivity contribution in [3.63, 3.8) is 0 Å². The maximum Gasteiger partial charge on any atom is 0.223 e. The molecule has 2 bridgehead atoms. The summed E-state index contributed by atoms with van der Waals surface area (Å²) in [5.74, 6) is 0.667. The SMILES string of the molecule is O=C(CCCn1cncn1)N1[C@@H]2CC[C@H]1CC(CO)C2. The lowest BCUT2D eigenvalue weighted by atomic mass is 9.91. The molecule has 3 atom stereocenters. The van der Waals surface area contributed by atoms with Gasteiger partial charge in [-0.25, -0.2) is 4.98 Å². The fraction of sp³-hybridized carbons (Fsp3) is 0.786. The highest BCUT2D eigenvalue weighted by atomic mass is 16.3. The molecule has 6 nitrogen and oxygen atoms in total. The number of aromatic nitrogens is 3. The molecule has 1 N–H and O–H groups in total. The molecule has 0 aliphatic carbocycles. The molecule has 2 aliphatic rings. The third-order valence-electron chi connectivity index (χ3n) is 4.62. The van der Waals surface area contributed by atoms with Crippen molar-refractivity contribution >= 4 is 5.91 Å². The zero-order valence-electron chi connectivity index (χ0n) is 11.7. The average Bonchev–Trinajstić information content (AvgIpc) is 3.05. The summed E-state index contributed by atoms with van der Waals surface area (Å²) in [6, 6.07) is 0.731. The van der Waals surface area contributed by atoms with Crippen LogP contribution in [0.15, 0.2) is 12.7 Å². The van der Waals surface area contributed by atoms with Gasteiger partial charge in [0.1, 0.15) is 12.7 Å². The van der Waals surface area contributed by atoms with Crippen LogP contribution in [0.1, 0.15) is 38.5 Å². The standard InChI is InChI=1S/C14H22N4O2/c19-8-11-6-12-3-4-13(7-11)18(12)14(20)2-1-5-17-10-15-9-16-17/h9-13,19H,1-8H2/t11?,12-,13+. The van der Waals surface area contributed by atoms with Crippen LogP contribution in [0.5, 0.6) is 0 Å². The highest BCUT2D eigenvalue weighted by molar-refractivity contribution is 5.77. The van der Waals surface area contributed by atoms with E-state index in [4.69, 9.17) is 0 Å². The number of rotatable bonds is 5. The van der Waals surface area contributed by atoms with Gasteiger partial charge in [-0.2, -0.15) is 5.10 Å². The first-order valence-corrected chi connectivity index (χ1v) is 7.52. The molecule has 1 unspecified atom stereocenters. The van der Waals surface area contributed by atoms with Crippen LogP contribution in [0.4, 0.5) is 0 Å². The van der Waals surface area contributed by atoms with E-state index in [-0.39, 0.29) is 12.5 Å². The Kier molecular flexibility index (Phi) is 4.00. The first kappa shape index (κ1) is 13.5. The summed E-state index contributed by atoms with van der Waals surface area (Å²) in [5, 5.41) is 13.3. The van der Waals surface area contributed by atoms with E-state index in [1.165, 1.54) is 6.33 Å². The van der Waals surface area contributed by atoms with Crippen molar-refractivity contribution in [1.29, 1.82) is 0 Å². The van der Waals surface area contributed by atoms with Crippen LogP contribution in [0.2, 0.25) is 0 Å². The van der Waals surface area contributed by atoms with Gasteiger partial charge >= 0.3 is 0 Å². The lowest BCUT2D eigenvalue weighted by Gasteiger charge is -2.38. The summed E-state index contributed by atoms with van der Waals surface area (Å²) in [6.07, 6.45) is 8.75. The third-order valence-corrected chi connectivity index (χ3v) is 4.62. The number of hydrogen-bond donors (Lipinski definition) is 1. The number of aryl methyl sites for hydroxylation is 1. The highest BCUT2D eigenvalue weighted by Gasteiger charge is 2.42. The van der Waals surface area contributed by atoms with Gasteiger partial charge in [-0.1, -0.05) is 0 Å². The van der Waals surface area contributed by atoms with Crippen molar-refractivity contribution in [2.45, 2.75) is 57.2 Å². The van der Waals surface area contributed by atoms with Gasteiger partial charge in [-0.15, -0.1) is 0 Å². The van der Waals surface area contributed by atoms with Crippen molar-refractivity contribution in [3.05, 3.63) is 12.7 Å². The zero-order valence-corrected chi connectivity index (χ0v) is 11.7. The van der Waals surface area contributed by atoms with Gasteiger partial charge in [0.05, 0.1) is 0 Å².